The Morgan fingerprint density at radius 2 is 1.78 bits per heavy atom. The highest BCUT2D eigenvalue weighted by Gasteiger charge is 2.08. The standard InChI is InChI=1S/C22H22ClN3O/c23-21-11-5-4-10-18(21)15-26-22(27)19-13-20(16-24-14-19)25-12-6-9-17-7-2-1-3-8-17/h1-5,7-8,10-11,13-14,16,25H,6,9,12,15H2,(H,26,27). The van der Waals surface area contributed by atoms with Crippen molar-refractivity contribution in [3.63, 3.8) is 0 Å². The molecule has 1 aromatic heterocycles. The first kappa shape index (κ1) is 18.9. The van der Waals surface area contributed by atoms with Gasteiger partial charge in [0.25, 0.3) is 5.91 Å². The van der Waals surface area contributed by atoms with E-state index in [2.05, 4.69) is 39.9 Å². The van der Waals surface area contributed by atoms with Gasteiger partial charge in [0.05, 0.1) is 11.3 Å². The van der Waals surface area contributed by atoms with Crippen LogP contribution in [-0.2, 0) is 13.0 Å². The van der Waals surface area contributed by atoms with Crippen LogP contribution in [0, 0.1) is 0 Å². The zero-order valence-electron chi connectivity index (χ0n) is 15.0. The predicted molar refractivity (Wildman–Crippen MR) is 110 cm³/mol. The number of nitrogens with zero attached hydrogens (tertiary/aromatic N) is 1. The van der Waals surface area contributed by atoms with E-state index in [1.165, 1.54) is 5.56 Å². The van der Waals surface area contributed by atoms with Crippen LogP contribution in [0.3, 0.4) is 0 Å². The summed E-state index contributed by atoms with van der Waals surface area (Å²) in [4.78, 5) is 16.5. The van der Waals surface area contributed by atoms with Crippen molar-refractivity contribution in [2.75, 3.05) is 11.9 Å². The van der Waals surface area contributed by atoms with E-state index in [4.69, 9.17) is 11.6 Å². The fraction of sp³-hybridized carbons (Fsp3) is 0.182. The molecule has 1 heterocycles. The first-order chi connectivity index (χ1) is 13.2. The van der Waals surface area contributed by atoms with Gasteiger partial charge in [-0.25, -0.2) is 0 Å². The second-order valence-electron chi connectivity index (χ2n) is 6.25. The molecule has 1 amide bonds. The molecule has 0 saturated heterocycles. The Hall–Kier alpha value is -2.85. The van der Waals surface area contributed by atoms with Gasteiger partial charge in [-0.3, -0.25) is 9.78 Å². The van der Waals surface area contributed by atoms with Crippen LogP contribution in [0.4, 0.5) is 5.69 Å². The fourth-order valence-electron chi connectivity index (χ4n) is 2.75. The van der Waals surface area contributed by atoms with E-state index in [0.717, 1.165) is 30.6 Å². The first-order valence-electron chi connectivity index (χ1n) is 8.97. The highest BCUT2D eigenvalue weighted by molar-refractivity contribution is 6.31. The molecule has 0 bridgehead atoms. The maximum Gasteiger partial charge on any atom is 0.253 e. The van der Waals surface area contributed by atoms with E-state index < -0.39 is 0 Å². The SMILES string of the molecule is O=C(NCc1ccccc1Cl)c1cncc(NCCCc2ccccc2)c1. The number of aromatic nitrogens is 1. The van der Waals surface area contributed by atoms with E-state index in [0.29, 0.717) is 17.1 Å². The van der Waals surface area contributed by atoms with Gasteiger partial charge in [0, 0.05) is 30.5 Å². The number of carbonyl (C=O) groups excluding carboxylic acids is 1. The number of hydrogen-bond donors (Lipinski definition) is 2. The normalized spacial score (nSPS) is 10.4. The molecule has 0 fully saturated rings. The average molecular weight is 380 g/mol. The molecule has 2 aromatic carbocycles. The smallest absolute Gasteiger partial charge is 0.253 e. The van der Waals surface area contributed by atoms with Crippen LogP contribution in [0.15, 0.2) is 73.1 Å². The quantitative estimate of drug-likeness (QED) is 0.557. The summed E-state index contributed by atoms with van der Waals surface area (Å²) in [5.74, 6) is -0.171. The number of benzene rings is 2. The molecule has 4 nitrogen and oxygen atoms in total. The molecule has 0 aliphatic carbocycles. The van der Waals surface area contributed by atoms with Crippen LogP contribution in [0.25, 0.3) is 0 Å². The molecule has 0 spiro atoms. The lowest BCUT2D eigenvalue weighted by molar-refractivity contribution is 0.0950. The van der Waals surface area contributed by atoms with Crippen LogP contribution >= 0.6 is 11.6 Å². The van der Waals surface area contributed by atoms with Gasteiger partial charge >= 0.3 is 0 Å². The van der Waals surface area contributed by atoms with Gasteiger partial charge in [0.2, 0.25) is 0 Å². The van der Waals surface area contributed by atoms with Gasteiger partial charge in [-0.05, 0) is 36.1 Å². The Balaban J connectivity index is 1.49. The summed E-state index contributed by atoms with van der Waals surface area (Å²) in [6.45, 7) is 1.20. The molecule has 27 heavy (non-hydrogen) atoms. The zero-order valence-corrected chi connectivity index (χ0v) is 15.7. The summed E-state index contributed by atoms with van der Waals surface area (Å²) in [6, 6.07) is 19.7. The van der Waals surface area contributed by atoms with Gasteiger partial charge in [0.1, 0.15) is 0 Å². The van der Waals surface area contributed by atoms with Crippen molar-refractivity contribution in [2.24, 2.45) is 0 Å². The Morgan fingerprint density at radius 3 is 2.59 bits per heavy atom. The van der Waals surface area contributed by atoms with E-state index in [1.54, 1.807) is 12.4 Å². The number of pyridine rings is 1. The number of hydrogen-bond acceptors (Lipinski definition) is 3. The van der Waals surface area contributed by atoms with Crippen LogP contribution in [0.5, 0.6) is 0 Å². The predicted octanol–water partition coefficient (Wildman–Crippen LogP) is 4.71. The van der Waals surface area contributed by atoms with Gasteiger partial charge in [0.15, 0.2) is 0 Å². The summed E-state index contributed by atoms with van der Waals surface area (Å²) in [6.07, 6.45) is 5.32. The zero-order chi connectivity index (χ0) is 18.9. The number of rotatable bonds is 8. The fourth-order valence-corrected chi connectivity index (χ4v) is 2.95. The molecule has 0 atom stereocenters. The molecule has 0 saturated carbocycles. The lowest BCUT2D eigenvalue weighted by Gasteiger charge is -2.09. The van der Waals surface area contributed by atoms with Crippen molar-refractivity contribution in [1.29, 1.82) is 0 Å². The largest absolute Gasteiger partial charge is 0.384 e. The van der Waals surface area contributed by atoms with E-state index in [9.17, 15) is 4.79 Å². The Morgan fingerprint density at radius 1 is 1.00 bits per heavy atom. The average Bonchev–Trinajstić information content (AvgIpc) is 2.71. The minimum absolute atomic E-state index is 0.171. The number of amides is 1. The second-order valence-corrected chi connectivity index (χ2v) is 6.66. The Labute approximate surface area is 164 Å². The monoisotopic (exact) mass is 379 g/mol. The molecule has 0 unspecified atom stereocenters. The highest BCUT2D eigenvalue weighted by Crippen LogP contribution is 2.15. The number of halogens is 1. The van der Waals surface area contributed by atoms with Crippen LogP contribution in [0.2, 0.25) is 5.02 Å². The number of carbonyl (C=O) groups is 1. The summed E-state index contributed by atoms with van der Waals surface area (Å²) in [7, 11) is 0. The summed E-state index contributed by atoms with van der Waals surface area (Å²) in [5.41, 5.74) is 3.57. The minimum atomic E-state index is -0.171. The molecule has 0 radical (unpaired) electrons. The van der Waals surface area contributed by atoms with Gasteiger partial charge in [-0.15, -0.1) is 0 Å². The van der Waals surface area contributed by atoms with E-state index >= 15 is 0 Å². The number of aryl methyl sites for hydroxylation is 1. The van der Waals surface area contributed by atoms with Gasteiger partial charge in [-0.1, -0.05) is 60.1 Å². The second kappa shape index (κ2) is 9.74. The highest BCUT2D eigenvalue weighted by atomic mass is 35.5. The molecule has 3 aromatic rings. The van der Waals surface area contributed by atoms with Gasteiger partial charge < -0.3 is 10.6 Å². The van der Waals surface area contributed by atoms with Crippen molar-refractivity contribution < 1.29 is 4.79 Å². The van der Waals surface area contributed by atoms with Crippen molar-refractivity contribution >= 4 is 23.2 Å². The first-order valence-corrected chi connectivity index (χ1v) is 9.34. The van der Waals surface area contributed by atoms with Crippen molar-refractivity contribution in [3.05, 3.63) is 94.8 Å². The molecule has 0 aliphatic rings. The lowest BCUT2D eigenvalue weighted by atomic mass is 10.1. The molecule has 5 heteroatoms. The third-order valence-electron chi connectivity index (χ3n) is 4.21. The van der Waals surface area contributed by atoms with Crippen LogP contribution < -0.4 is 10.6 Å². The van der Waals surface area contributed by atoms with Crippen molar-refractivity contribution in [2.45, 2.75) is 19.4 Å². The lowest BCUT2D eigenvalue weighted by Crippen LogP contribution is -2.23. The van der Waals surface area contributed by atoms with Crippen LogP contribution in [-0.4, -0.2) is 17.4 Å². The minimum Gasteiger partial charge on any atom is -0.384 e. The summed E-state index contributed by atoms with van der Waals surface area (Å²) >= 11 is 6.12. The van der Waals surface area contributed by atoms with Gasteiger partial charge in [-0.2, -0.15) is 0 Å². The number of nitrogens with one attached hydrogen (secondary N) is 2. The topological polar surface area (TPSA) is 54.0 Å². The number of anilines is 1. The van der Waals surface area contributed by atoms with E-state index in [1.807, 2.05) is 36.4 Å². The third-order valence-corrected chi connectivity index (χ3v) is 4.58. The molecule has 3 rings (SSSR count). The molecule has 138 valence electrons. The molecule has 0 aliphatic heterocycles. The van der Waals surface area contributed by atoms with Crippen LogP contribution in [0.1, 0.15) is 27.9 Å². The molecular formula is C22H22ClN3O. The van der Waals surface area contributed by atoms with Crippen molar-refractivity contribution in [1.82, 2.24) is 10.3 Å². The molecule has 2 N–H and O–H groups in total. The maximum atomic E-state index is 12.4. The Bertz CT molecular complexity index is 883. The van der Waals surface area contributed by atoms with E-state index in [-0.39, 0.29) is 5.91 Å². The third kappa shape index (κ3) is 5.83. The van der Waals surface area contributed by atoms with Crippen molar-refractivity contribution in [3.8, 4) is 0 Å². The molecular weight excluding hydrogens is 358 g/mol. The Kier molecular flexibility index (Phi) is 6.83. The maximum absolute atomic E-state index is 12.4. The summed E-state index contributed by atoms with van der Waals surface area (Å²) < 4.78 is 0. The summed E-state index contributed by atoms with van der Waals surface area (Å²) in [5, 5.41) is 6.85.